The average Bonchev–Trinajstić information content (AvgIpc) is 2.94. The number of ether oxygens (including phenoxy) is 2. The number of anilines is 1. The van der Waals surface area contributed by atoms with E-state index in [1.54, 1.807) is 0 Å². The largest absolute Gasteiger partial charge is 0.454 e. The molecule has 7 heteroatoms. The molecule has 0 spiro atoms. The highest BCUT2D eigenvalue weighted by Gasteiger charge is 2.30. The predicted molar refractivity (Wildman–Crippen MR) is 62.0 cm³/mol. The van der Waals surface area contributed by atoms with Crippen molar-refractivity contribution in [2.24, 2.45) is 0 Å². The van der Waals surface area contributed by atoms with Crippen LogP contribution in [0.25, 0.3) is 11.1 Å². The van der Waals surface area contributed by atoms with Gasteiger partial charge in [-0.15, -0.1) is 0 Å². The van der Waals surface area contributed by atoms with E-state index in [2.05, 4.69) is 5.16 Å². The maximum Gasteiger partial charge on any atom is 0.270 e. The number of hydrogen-bond donors (Lipinski definition) is 1. The molecular weight excluding hydrogens is 258 g/mol. The van der Waals surface area contributed by atoms with Crippen LogP contribution in [-0.2, 0) is 5.92 Å². The van der Waals surface area contributed by atoms with Crippen molar-refractivity contribution in [1.82, 2.24) is 5.16 Å². The van der Waals surface area contributed by atoms with Crippen LogP contribution in [0.15, 0.2) is 22.9 Å². The summed E-state index contributed by atoms with van der Waals surface area (Å²) in [6.07, 6.45) is 1.35. The van der Waals surface area contributed by atoms with Gasteiger partial charge in [-0.25, -0.2) is 8.78 Å². The molecule has 0 saturated heterocycles. The fourth-order valence-corrected chi connectivity index (χ4v) is 1.91. The quantitative estimate of drug-likeness (QED) is 0.906. The summed E-state index contributed by atoms with van der Waals surface area (Å²) in [5.41, 5.74) is 6.20. The number of aromatic nitrogens is 1. The van der Waals surface area contributed by atoms with Crippen molar-refractivity contribution in [1.29, 1.82) is 0 Å². The summed E-state index contributed by atoms with van der Waals surface area (Å²) in [5, 5.41) is 3.53. The third-order valence-corrected chi connectivity index (χ3v) is 2.87. The lowest BCUT2D eigenvalue weighted by atomic mass is 10.0. The number of fused-ring (bicyclic) bond motifs is 1. The SMILES string of the molecule is CC(F)(F)c1cc2c(c(-c3cnoc3N)c1)OCO2. The minimum Gasteiger partial charge on any atom is -0.454 e. The molecule has 1 aliphatic rings. The molecule has 0 amide bonds. The van der Waals surface area contributed by atoms with Crippen molar-refractivity contribution >= 4 is 5.88 Å². The Labute approximate surface area is 106 Å². The number of nitrogens with zero attached hydrogens (tertiary/aromatic N) is 1. The van der Waals surface area contributed by atoms with Crippen LogP contribution in [0.1, 0.15) is 12.5 Å². The van der Waals surface area contributed by atoms with E-state index >= 15 is 0 Å². The molecule has 1 aliphatic heterocycles. The Morgan fingerprint density at radius 1 is 1.26 bits per heavy atom. The topological polar surface area (TPSA) is 70.5 Å². The normalized spacial score (nSPS) is 13.8. The van der Waals surface area contributed by atoms with Crippen LogP contribution in [0.2, 0.25) is 0 Å². The zero-order chi connectivity index (χ0) is 13.6. The molecule has 2 heterocycles. The van der Waals surface area contributed by atoms with Gasteiger partial charge in [0.25, 0.3) is 5.92 Å². The Morgan fingerprint density at radius 2 is 2.05 bits per heavy atom. The third-order valence-electron chi connectivity index (χ3n) is 2.87. The molecule has 1 aromatic heterocycles. The molecule has 3 rings (SSSR count). The smallest absolute Gasteiger partial charge is 0.270 e. The van der Waals surface area contributed by atoms with E-state index in [9.17, 15) is 8.78 Å². The van der Waals surface area contributed by atoms with Crippen LogP contribution in [0, 0.1) is 0 Å². The summed E-state index contributed by atoms with van der Waals surface area (Å²) in [6, 6.07) is 2.56. The van der Waals surface area contributed by atoms with Crippen LogP contribution >= 0.6 is 0 Å². The second-order valence-electron chi connectivity index (χ2n) is 4.25. The molecule has 0 aliphatic carbocycles. The first-order valence-corrected chi connectivity index (χ1v) is 5.49. The molecule has 2 aromatic rings. The first-order valence-electron chi connectivity index (χ1n) is 5.49. The van der Waals surface area contributed by atoms with E-state index in [4.69, 9.17) is 19.7 Å². The van der Waals surface area contributed by atoms with Gasteiger partial charge in [-0.3, -0.25) is 0 Å². The lowest BCUT2D eigenvalue weighted by Gasteiger charge is -2.13. The zero-order valence-electron chi connectivity index (χ0n) is 9.94. The minimum atomic E-state index is -3.00. The van der Waals surface area contributed by atoms with E-state index in [0.717, 1.165) is 6.92 Å². The lowest BCUT2D eigenvalue weighted by molar-refractivity contribution is 0.0173. The minimum absolute atomic E-state index is 0.0216. The van der Waals surface area contributed by atoms with E-state index in [1.165, 1.54) is 18.3 Å². The van der Waals surface area contributed by atoms with Gasteiger partial charge in [0.05, 0.1) is 11.8 Å². The maximum absolute atomic E-state index is 13.5. The van der Waals surface area contributed by atoms with Gasteiger partial charge in [0.1, 0.15) is 0 Å². The van der Waals surface area contributed by atoms with Gasteiger partial charge in [0, 0.05) is 18.1 Å². The van der Waals surface area contributed by atoms with Crippen molar-refractivity contribution < 1.29 is 22.8 Å². The zero-order valence-corrected chi connectivity index (χ0v) is 9.94. The third kappa shape index (κ3) is 1.87. The number of alkyl halides is 2. The molecule has 100 valence electrons. The van der Waals surface area contributed by atoms with Crippen molar-refractivity contribution in [3.05, 3.63) is 23.9 Å². The number of nitrogen functional groups attached to an aromatic ring is 1. The number of hydrogen-bond acceptors (Lipinski definition) is 5. The van der Waals surface area contributed by atoms with Crippen LogP contribution < -0.4 is 15.2 Å². The molecule has 2 N–H and O–H groups in total. The van der Waals surface area contributed by atoms with Gasteiger partial charge in [-0.05, 0) is 12.1 Å². The van der Waals surface area contributed by atoms with Crippen LogP contribution in [-0.4, -0.2) is 11.9 Å². The molecular formula is C12H10F2N2O3. The first kappa shape index (κ1) is 11.8. The van der Waals surface area contributed by atoms with Crippen molar-refractivity contribution in [3.63, 3.8) is 0 Å². The van der Waals surface area contributed by atoms with Gasteiger partial charge in [-0.2, -0.15) is 0 Å². The Bertz CT molecular complexity index is 634. The second-order valence-corrected chi connectivity index (χ2v) is 4.25. The van der Waals surface area contributed by atoms with Crippen molar-refractivity contribution in [2.45, 2.75) is 12.8 Å². The van der Waals surface area contributed by atoms with Crippen molar-refractivity contribution in [3.8, 4) is 22.6 Å². The highest BCUT2D eigenvalue weighted by molar-refractivity contribution is 5.80. The molecule has 0 fully saturated rings. The Kier molecular flexibility index (Phi) is 2.38. The predicted octanol–water partition coefficient (Wildman–Crippen LogP) is 2.76. The number of nitrogens with two attached hydrogens (primary N) is 1. The molecule has 0 bridgehead atoms. The molecule has 0 radical (unpaired) electrons. The second kappa shape index (κ2) is 3.84. The summed E-state index contributed by atoms with van der Waals surface area (Å²) in [5.74, 6) is -2.34. The Balaban J connectivity index is 2.24. The molecule has 19 heavy (non-hydrogen) atoms. The summed E-state index contributed by atoms with van der Waals surface area (Å²) < 4.78 is 42.2. The van der Waals surface area contributed by atoms with Gasteiger partial charge < -0.3 is 19.7 Å². The van der Waals surface area contributed by atoms with Gasteiger partial charge in [-0.1, -0.05) is 5.16 Å². The number of rotatable bonds is 2. The summed E-state index contributed by atoms with van der Waals surface area (Å²) >= 11 is 0. The fourth-order valence-electron chi connectivity index (χ4n) is 1.91. The van der Waals surface area contributed by atoms with Crippen molar-refractivity contribution in [2.75, 3.05) is 12.5 Å². The van der Waals surface area contributed by atoms with E-state index < -0.39 is 5.92 Å². The van der Waals surface area contributed by atoms with E-state index in [-0.39, 0.29) is 24.0 Å². The van der Waals surface area contributed by atoms with Crippen LogP contribution in [0.5, 0.6) is 11.5 Å². The monoisotopic (exact) mass is 268 g/mol. The van der Waals surface area contributed by atoms with Gasteiger partial charge >= 0.3 is 0 Å². The van der Waals surface area contributed by atoms with E-state index in [0.29, 0.717) is 16.9 Å². The molecule has 0 saturated carbocycles. The lowest BCUT2D eigenvalue weighted by Crippen LogP contribution is -2.07. The Hall–Kier alpha value is -2.31. The average molecular weight is 268 g/mol. The number of benzene rings is 1. The summed E-state index contributed by atoms with van der Waals surface area (Å²) in [4.78, 5) is 0. The summed E-state index contributed by atoms with van der Waals surface area (Å²) in [7, 11) is 0. The van der Waals surface area contributed by atoms with E-state index in [1.807, 2.05) is 0 Å². The highest BCUT2D eigenvalue weighted by Crippen LogP contribution is 2.46. The summed E-state index contributed by atoms with van der Waals surface area (Å²) in [6.45, 7) is 0.789. The number of halogens is 2. The standard InChI is InChI=1S/C12H10F2N2O3/c1-12(13,14)6-2-7(8-4-16-19-11(8)15)10-9(3-6)17-5-18-10/h2-4H,5,15H2,1H3. The molecule has 0 unspecified atom stereocenters. The van der Waals surface area contributed by atoms with Crippen LogP contribution in [0.4, 0.5) is 14.7 Å². The molecule has 0 atom stereocenters. The van der Waals surface area contributed by atoms with Gasteiger partial charge in [0.15, 0.2) is 11.5 Å². The molecule has 1 aromatic carbocycles. The van der Waals surface area contributed by atoms with Crippen LogP contribution in [0.3, 0.4) is 0 Å². The first-order chi connectivity index (χ1) is 8.97. The highest BCUT2D eigenvalue weighted by atomic mass is 19.3. The maximum atomic E-state index is 13.5. The molecule has 5 nitrogen and oxygen atoms in total. The van der Waals surface area contributed by atoms with Gasteiger partial charge in [0.2, 0.25) is 12.7 Å². The fraction of sp³-hybridized carbons (Fsp3) is 0.250. The Morgan fingerprint density at radius 3 is 2.68 bits per heavy atom.